The third-order valence-electron chi connectivity index (χ3n) is 5.37. The first-order valence-corrected chi connectivity index (χ1v) is 10.1. The first kappa shape index (κ1) is 19.8. The van der Waals surface area contributed by atoms with Gasteiger partial charge >= 0.3 is 5.97 Å². The minimum atomic E-state index is -0.652. The lowest BCUT2D eigenvalue weighted by Crippen LogP contribution is -2.20. The second-order valence-electron chi connectivity index (χ2n) is 7.43. The Labute approximate surface area is 175 Å². The quantitative estimate of drug-likeness (QED) is 0.462. The molecule has 1 aromatic carbocycles. The summed E-state index contributed by atoms with van der Waals surface area (Å²) in [6, 6.07) is 15.0. The second-order valence-corrected chi connectivity index (χ2v) is 7.43. The summed E-state index contributed by atoms with van der Waals surface area (Å²) in [5.74, 6) is -0.144. The molecule has 0 amide bonds. The number of ether oxygens (including phenoxy) is 1. The van der Waals surface area contributed by atoms with Gasteiger partial charge in [0.05, 0.1) is 0 Å². The molecule has 0 saturated carbocycles. The van der Waals surface area contributed by atoms with Crippen LogP contribution in [0.15, 0.2) is 48.5 Å². The number of carbonyl (C=O) groups excluding carboxylic acids is 2. The Kier molecular flexibility index (Phi) is 5.61. The number of aromatic nitrogens is 3. The third-order valence-corrected chi connectivity index (χ3v) is 5.37. The van der Waals surface area contributed by atoms with Gasteiger partial charge in [-0.25, -0.2) is 4.79 Å². The predicted octanol–water partition coefficient (Wildman–Crippen LogP) is 3.52. The fourth-order valence-corrected chi connectivity index (χ4v) is 3.85. The summed E-state index contributed by atoms with van der Waals surface area (Å²) in [7, 11) is 0. The molecule has 0 aliphatic carbocycles. The van der Waals surface area contributed by atoms with Crippen LogP contribution in [0.5, 0.6) is 0 Å². The molecule has 30 heavy (non-hydrogen) atoms. The van der Waals surface area contributed by atoms with Gasteiger partial charge in [0, 0.05) is 35.7 Å². The van der Waals surface area contributed by atoms with E-state index in [-0.39, 0.29) is 18.1 Å². The van der Waals surface area contributed by atoms with Gasteiger partial charge in [-0.1, -0.05) is 18.2 Å². The topological polar surface area (TPSA) is 77.3 Å². The van der Waals surface area contributed by atoms with Gasteiger partial charge < -0.3 is 14.2 Å². The summed E-state index contributed by atoms with van der Waals surface area (Å²) < 4.78 is 7.22. The average molecular weight is 404 g/mol. The van der Waals surface area contributed by atoms with Crippen LogP contribution in [-0.2, 0) is 4.74 Å². The van der Waals surface area contributed by atoms with Crippen LogP contribution in [0.4, 0.5) is 5.82 Å². The van der Waals surface area contributed by atoms with Crippen molar-refractivity contribution < 1.29 is 14.3 Å². The van der Waals surface area contributed by atoms with Crippen LogP contribution in [0, 0.1) is 13.8 Å². The minimum Gasteiger partial charge on any atom is -0.453 e. The van der Waals surface area contributed by atoms with Crippen molar-refractivity contribution in [2.45, 2.75) is 26.7 Å². The molecule has 1 aliphatic heterocycles. The number of rotatable bonds is 6. The number of para-hydroxylation sites is 1. The van der Waals surface area contributed by atoms with Gasteiger partial charge in [0.1, 0.15) is 0 Å². The van der Waals surface area contributed by atoms with Gasteiger partial charge in [0.25, 0.3) is 0 Å². The molecule has 3 aromatic rings. The summed E-state index contributed by atoms with van der Waals surface area (Å²) in [5, 5.41) is 8.08. The molecule has 154 valence electrons. The number of Topliss-reactive ketones (excluding diaryl/α,β-unsaturated/α-hetero) is 1. The van der Waals surface area contributed by atoms with Gasteiger partial charge in [-0.3, -0.25) is 4.79 Å². The molecule has 0 spiro atoms. The smallest absolute Gasteiger partial charge is 0.359 e. The maximum atomic E-state index is 12.7. The number of ketones is 1. The van der Waals surface area contributed by atoms with E-state index < -0.39 is 5.97 Å². The zero-order valence-electron chi connectivity index (χ0n) is 17.2. The van der Waals surface area contributed by atoms with Crippen molar-refractivity contribution >= 4 is 17.6 Å². The molecule has 0 radical (unpaired) electrons. The van der Waals surface area contributed by atoms with Crippen molar-refractivity contribution in [3.05, 3.63) is 71.2 Å². The van der Waals surface area contributed by atoms with Gasteiger partial charge in [0.2, 0.25) is 5.78 Å². The Morgan fingerprint density at radius 2 is 1.73 bits per heavy atom. The molecular formula is C23H24N4O3. The Bertz CT molecular complexity index is 1050. The first-order valence-electron chi connectivity index (χ1n) is 10.1. The summed E-state index contributed by atoms with van der Waals surface area (Å²) in [6.07, 6.45) is 2.27. The predicted molar refractivity (Wildman–Crippen MR) is 113 cm³/mol. The fraction of sp³-hybridized carbons (Fsp3) is 0.304. The molecular weight excluding hydrogens is 380 g/mol. The number of hydrogen-bond acceptors (Lipinski definition) is 6. The Balaban J connectivity index is 1.42. The van der Waals surface area contributed by atoms with Gasteiger partial charge in [0.15, 0.2) is 18.1 Å². The van der Waals surface area contributed by atoms with Crippen molar-refractivity contribution in [1.82, 2.24) is 14.8 Å². The van der Waals surface area contributed by atoms with E-state index in [1.54, 1.807) is 12.1 Å². The van der Waals surface area contributed by atoms with Crippen LogP contribution in [-0.4, -0.2) is 46.2 Å². The lowest BCUT2D eigenvalue weighted by Gasteiger charge is -2.15. The molecule has 0 N–H and O–H groups in total. The normalized spacial score (nSPS) is 13.5. The number of hydrogen-bond donors (Lipinski definition) is 0. The van der Waals surface area contributed by atoms with E-state index in [1.807, 2.05) is 54.8 Å². The number of esters is 1. The molecule has 4 rings (SSSR count). The highest BCUT2D eigenvalue weighted by Gasteiger charge is 2.20. The van der Waals surface area contributed by atoms with Crippen LogP contribution >= 0.6 is 0 Å². The average Bonchev–Trinajstić information content (AvgIpc) is 3.41. The lowest BCUT2D eigenvalue weighted by molar-refractivity contribution is 0.0467. The highest BCUT2D eigenvalue weighted by atomic mass is 16.5. The Morgan fingerprint density at radius 3 is 2.40 bits per heavy atom. The molecule has 1 saturated heterocycles. The molecule has 7 nitrogen and oxygen atoms in total. The maximum Gasteiger partial charge on any atom is 0.359 e. The van der Waals surface area contributed by atoms with E-state index in [2.05, 4.69) is 15.1 Å². The SMILES string of the molecule is Cc1cc(C(=O)COC(=O)c2ccc(N3CCCC3)nn2)c(C)n1-c1ccccc1. The highest BCUT2D eigenvalue weighted by molar-refractivity contribution is 6.00. The zero-order valence-corrected chi connectivity index (χ0v) is 17.2. The second kappa shape index (κ2) is 8.49. The fourth-order valence-electron chi connectivity index (χ4n) is 3.85. The van der Waals surface area contributed by atoms with Crippen molar-refractivity contribution in [2.24, 2.45) is 0 Å². The van der Waals surface area contributed by atoms with Crippen molar-refractivity contribution in [3.8, 4) is 5.69 Å². The molecule has 0 atom stereocenters. The van der Waals surface area contributed by atoms with E-state index in [9.17, 15) is 9.59 Å². The molecule has 0 unspecified atom stereocenters. The van der Waals surface area contributed by atoms with Gasteiger partial charge in [-0.2, -0.15) is 0 Å². The minimum absolute atomic E-state index is 0.0977. The lowest BCUT2D eigenvalue weighted by atomic mass is 10.1. The molecule has 2 aromatic heterocycles. The van der Waals surface area contributed by atoms with Crippen LogP contribution in [0.2, 0.25) is 0 Å². The van der Waals surface area contributed by atoms with Crippen LogP contribution < -0.4 is 4.90 Å². The van der Waals surface area contributed by atoms with E-state index in [0.29, 0.717) is 5.56 Å². The van der Waals surface area contributed by atoms with Crippen molar-refractivity contribution in [1.29, 1.82) is 0 Å². The summed E-state index contributed by atoms with van der Waals surface area (Å²) in [6.45, 7) is 5.40. The molecule has 7 heteroatoms. The van der Waals surface area contributed by atoms with Crippen molar-refractivity contribution in [2.75, 3.05) is 24.6 Å². The number of benzene rings is 1. The van der Waals surface area contributed by atoms with Gasteiger partial charge in [-0.15, -0.1) is 10.2 Å². The monoisotopic (exact) mass is 404 g/mol. The molecule has 3 heterocycles. The van der Waals surface area contributed by atoms with Crippen LogP contribution in [0.1, 0.15) is 45.1 Å². The number of carbonyl (C=O) groups is 2. The molecule has 0 bridgehead atoms. The third kappa shape index (κ3) is 3.96. The van der Waals surface area contributed by atoms with Crippen molar-refractivity contribution in [3.63, 3.8) is 0 Å². The zero-order chi connectivity index (χ0) is 21.1. The number of anilines is 1. The molecule has 1 fully saturated rings. The number of aryl methyl sites for hydroxylation is 1. The van der Waals surface area contributed by atoms with Gasteiger partial charge in [-0.05, 0) is 57.0 Å². The maximum absolute atomic E-state index is 12.7. The highest BCUT2D eigenvalue weighted by Crippen LogP contribution is 2.21. The Hall–Kier alpha value is -3.48. The van der Waals surface area contributed by atoms with E-state index in [4.69, 9.17) is 4.74 Å². The standard InChI is InChI=1S/C23H24N4O3/c1-16-14-19(17(2)27(16)18-8-4-3-5-9-18)21(28)15-30-23(29)20-10-11-22(25-24-20)26-12-6-7-13-26/h3-5,8-11,14H,6-7,12-13,15H2,1-2H3. The Morgan fingerprint density at radius 1 is 1.00 bits per heavy atom. The van der Waals surface area contributed by atoms with Crippen LogP contribution in [0.25, 0.3) is 5.69 Å². The first-order chi connectivity index (χ1) is 14.5. The largest absolute Gasteiger partial charge is 0.453 e. The summed E-state index contributed by atoms with van der Waals surface area (Å²) in [5.41, 5.74) is 3.38. The summed E-state index contributed by atoms with van der Waals surface area (Å²) in [4.78, 5) is 27.1. The van der Waals surface area contributed by atoms with E-state index >= 15 is 0 Å². The van der Waals surface area contributed by atoms with E-state index in [1.165, 1.54) is 0 Å². The molecule has 1 aliphatic rings. The van der Waals surface area contributed by atoms with E-state index in [0.717, 1.165) is 48.8 Å². The van der Waals surface area contributed by atoms with Crippen LogP contribution in [0.3, 0.4) is 0 Å². The number of nitrogens with zero attached hydrogens (tertiary/aromatic N) is 4. The summed E-state index contributed by atoms with van der Waals surface area (Å²) >= 11 is 0.